The number of carbonyl (C=O) groups is 2. The molecule has 0 N–H and O–H groups in total. The first-order chi connectivity index (χ1) is 7.52. The lowest BCUT2D eigenvalue weighted by atomic mass is 10.1. The van der Waals surface area contributed by atoms with Crippen molar-refractivity contribution in [2.75, 3.05) is 14.2 Å². The summed E-state index contributed by atoms with van der Waals surface area (Å²) >= 11 is 0. The maximum Gasteiger partial charge on any atom is 0.358 e. The predicted octanol–water partition coefficient (Wildman–Crippen LogP) is 0.667. The van der Waals surface area contributed by atoms with Crippen molar-refractivity contribution in [2.24, 2.45) is 0 Å². The molecule has 0 radical (unpaired) electrons. The minimum absolute atomic E-state index is 0.104. The summed E-state index contributed by atoms with van der Waals surface area (Å²) in [7, 11) is 2.51. The predicted molar refractivity (Wildman–Crippen MR) is 54.2 cm³/mol. The van der Waals surface area contributed by atoms with E-state index in [2.05, 4.69) is 19.7 Å². The average Bonchev–Trinajstić information content (AvgIpc) is 2.30. The van der Waals surface area contributed by atoms with Gasteiger partial charge in [-0.1, -0.05) is 0 Å². The molecule has 1 aromatic rings. The molecule has 1 aromatic heterocycles. The van der Waals surface area contributed by atoms with Crippen LogP contribution in [-0.2, 0) is 9.47 Å². The maximum absolute atomic E-state index is 11.3. The highest BCUT2D eigenvalue weighted by molar-refractivity contribution is 5.92. The molecule has 0 aromatic carbocycles. The molecular weight excluding hydrogens is 212 g/mol. The third-order valence-electron chi connectivity index (χ3n) is 2.28. The fraction of sp³-hybridized carbons (Fsp3) is 0.400. The van der Waals surface area contributed by atoms with E-state index in [0.29, 0.717) is 11.1 Å². The molecule has 86 valence electrons. The van der Waals surface area contributed by atoms with E-state index in [-0.39, 0.29) is 11.4 Å². The van der Waals surface area contributed by atoms with E-state index in [1.54, 1.807) is 13.8 Å². The van der Waals surface area contributed by atoms with Crippen molar-refractivity contribution in [2.45, 2.75) is 13.8 Å². The Labute approximate surface area is 92.6 Å². The minimum atomic E-state index is -0.579. The van der Waals surface area contributed by atoms with Crippen LogP contribution in [0.3, 0.4) is 0 Å². The van der Waals surface area contributed by atoms with E-state index < -0.39 is 11.9 Å². The van der Waals surface area contributed by atoms with E-state index >= 15 is 0 Å². The molecule has 0 amide bonds. The van der Waals surface area contributed by atoms with Crippen LogP contribution < -0.4 is 0 Å². The summed E-state index contributed by atoms with van der Waals surface area (Å²) in [6.45, 7) is 3.34. The van der Waals surface area contributed by atoms with Crippen LogP contribution in [-0.4, -0.2) is 36.4 Å². The van der Waals surface area contributed by atoms with Crippen molar-refractivity contribution in [3.05, 3.63) is 22.5 Å². The smallest absolute Gasteiger partial charge is 0.358 e. The van der Waals surface area contributed by atoms with Gasteiger partial charge in [-0.25, -0.2) is 9.59 Å². The third kappa shape index (κ3) is 2.00. The van der Waals surface area contributed by atoms with Gasteiger partial charge in [-0.05, 0) is 25.0 Å². The highest BCUT2D eigenvalue weighted by Gasteiger charge is 2.20. The summed E-state index contributed by atoms with van der Waals surface area (Å²) in [6.07, 6.45) is 0. The van der Waals surface area contributed by atoms with E-state index in [0.717, 1.165) is 0 Å². The normalized spacial score (nSPS) is 9.75. The van der Waals surface area contributed by atoms with Gasteiger partial charge in [0.2, 0.25) is 0 Å². The summed E-state index contributed by atoms with van der Waals surface area (Å²) in [5.41, 5.74) is 1.32. The number of carbonyl (C=O) groups excluding carboxylic acids is 2. The molecule has 6 nitrogen and oxygen atoms in total. The fourth-order valence-corrected chi connectivity index (χ4v) is 1.19. The second-order valence-electron chi connectivity index (χ2n) is 3.13. The molecular formula is C10H12N2O4. The van der Waals surface area contributed by atoms with Crippen molar-refractivity contribution in [3.63, 3.8) is 0 Å². The summed E-state index contributed by atoms with van der Waals surface area (Å²) in [5.74, 6) is -1.16. The van der Waals surface area contributed by atoms with Gasteiger partial charge in [0.05, 0.1) is 14.2 Å². The Morgan fingerprint density at radius 3 is 1.44 bits per heavy atom. The number of hydrogen-bond acceptors (Lipinski definition) is 6. The fourth-order valence-electron chi connectivity index (χ4n) is 1.19. The molecule has 0 saturated heterocycles. The topological polar surface area (TPSA) is 78.4 Å². The second kappa shape index (κ2) is 4.69. The number of methoxy groups -OCH3 is 2. The SMILES string of the molecule is COC(=O)c1nnc(C(=O)OC)c(C)c1C. The van der Waals surface area contributed by atoms with Crippen molar-refractivity contribution >= 4 is 11.9 Å². The van der Waals surface area contributed by atoms with Crippen LogP contribution in [0.15, 0.2) is 0 Å². The Hall–Kier alpha value is -1.98. The zero-order valence-corrected chi connectivity index (χ0v) is 9.53. The molecule has 1 rings (SSSR count). The molecule has 0 atom stereocenters. The molecule has 16 heavy (non-hydrogen) atoms. The molecule has 0 aliphatic rings. The zero-order chi connectivity index (χ0) is 12.3. The first kappa shape index (κ1) is 12.1. The first-order valence-electron chi connectivity index (χ1n) is 4.53. The van der Waals surface area contributed by atoms with Crippen LogP contribution in [0.25, 0.3) is 0 Å². The molecule has 1 heterocycles. The lowest BCUT2D eigenvalue weighted by Crippen LogP contribution is -2.15. The van der Waals surface area contributed by atoms with Gasteiger partial charge in [0.1, 0.15) is 0 Å². The van der Waals surface area contributed by atoms with Gasteiger partial charge in [0, 0.05) is 0 Å². The number of rotatable bonds is 2. The van der Waals surface area contributed by atoms with Crippen molar-refractivity contribution < 1.29 is 19.1 Å². The number of ether oxygens (including phenoxy) is 2. The van der Waals surface area contributed by atoms with Gasteiger partial charge in [-0.3, -0.25) is 0 Å². The molecule has 0 saturated carbocycles. The number of nitrogens with zero attached hydrogens (tertiary/aromatic N) is 2. The van der Waals surface area contributed by atoms with Gasteiger partial charge in [0.25, 0.3) is 0 Å². The average molecular weight is 224 g/mol. The van der Waals surface area contributed by atoms with Crippen LogP contribution >= 0.6 is 0 Å². The van der Waals surface area contributed by atoms with Crippen LogP contribution in [0.5, 0.6) is 0 Å². The number of esters is 2. The quantitative estimate of drug-likeness (QED) is 0.687. The van der Waals surface area contributed by atoms with E-state index in [1.165, 1.54) is 14.2 Å². The van der Waals surface area contributed by atoms with E-state index in [1.807, 2.05) is 0 Å². The Kier molecular flexibility index (Phi) is 3.55. The first-order valence-corrected chi connectivity index (χ1v) is 4.53. The molecule has 0 unspecified atom stereocenters. The summed E-state index contributed by atoms with van der Waals surface area (Å²) in [4.78, 5) is 22.6. The van der Waals surface area contributed by atoms with E-state index in [4.69, 9.17) is 0 Å². The Morgan fingerprint density at radius 2 is 1.19 bits per heavy atom. The zero-order valence-electron chi connectivity index (χ0n) is 9.53. The van der Waals surface area contributed by atoms with Crippen LogP contribution in [0.1, 0.15) is 32.1 Å². The summed E-state index contributed by atoms with van der Waals surface area (Å²) < 4.78 is 9.08. The van der Waals surface area contributed by atoms with Gasteiger partial charge in [-0.2, -0.15) is 0 Å². The van der Waals surface area contributed by atoms with Crippen molar-refractivity contribution in [1.82, 2.24) is 10.2 Å². The second-order valence-corrected chi connectivity index (χ2v) is 3.13. The van der Waals surface area contributed by atoms with Crippen LogP contribution in [0, 0.1) is 13.8 Å². The highest BCUT2D eigenvalue weighted by Crippen LogP contribution is 2.14. The lowest BCUT2D eigenvalue weighted by Gasteiger charge is -2.07. The van der Waals surface area contributed by atoms with Crippen LogP contribution in [0.2, 0.25) is 0 Å². The van der Waals surface area contributed by atoms with Gasteiger partial charge >= 0.3 is 11.9 Å². The molecule has 0 aliphatic heterocycles. The molecule has 0 spiro atoms. The minimum Gasteiger partial charge on any atom is -0.464 e. The Balaban J connectivity index is 3.28. The monoisotopic (exact) mass is 224 g/mol. The van der Waals surface area contributed by atoms with Gasteiger partial charge in [0.15, 0.2) is 11.4 Å². The number of aromatic nitrogens is 2. The largest absolute Gasteiger partial charge is 0.464 e. The lowest BCUT2D eigenvalue weighted by molar-refractivity contribution is 0.0571. The summed E-state index contributed by atoms with van der Waals surface area (Å²) in [5, 5.41) is 7.31. The molecule has 0 aliphatic carbocycles. The molecule has 0 fully saturated rings. The van der Waals surface area contributed by atoms with Crippen LogP contribution in [0.4, 0.5) is 0 Å². The van der Waals surface area contributed by atoms with Crippen molar-refractivity contribution in [3.8, 4) is 0 Å². The Morgan fingerprint density at radius 1 is 0.875 bits per heavy atom. The molecule has 0 bridgehead atoms. The highest BCUT2D eigenvalue weighted by atomic mass is 16.5. The van der Waals surface area contributed by atoms with E-state index in [9.17, 15) is 9.59 Å². The maximum atomic E-state index is 11.3. The standard InChI is InChI=1S/C10H12N2O4/c1-5-6(2)8(10(14)16-4)12-11-7(5)9(13)15-3/h1-4H3. The summed E-state index contributed by atoms with van der Waals surface area (Å²) in [6, 6.07) is 0. The van der Waals surface area contributed by atoms with Gasteiger partial charge < -0.3 is 9.47 Å². The third-order valence-corrected chi connectivity index (χ3v) is 2.28. The van der Waals surface area contributed by atoms with Gasteiger partial charge in [-0.15, -0.1) is 10.2 Å². The Bertz CT molecular complexity index is 402. The van der Waals surface area contributed by atoms with Crippen molar-refractivity contribution in [1.29, 1.82) is 0 Å². The number of hydrogen-bond donors (Lipinski definition) is 0. The molecule has 6 heteroatoms.